The molecule has 1 atom stereocenters. The van der Waals surface area contributed by atoms with Gasteiger partial charge in [0.05, 0.1) is 23.4 Å². The molecule has 37 heavy (non-hydrogen) atoms. The van der Waals surface area contributed by atoms with E-state index in [4.69, 9.17) is 26.8 Å². The number of halogens is 1. The highest BCUT2D eigenvalue weighted by Crippen LogP contribution is 2.39. The minimum absolute atomic E-state index is 0.0840. The summed E-state index contributed by atoms with van der Waals surface area (Å²) >= 11 is 6.72. The third-order valence-electron chi connectivity index (χ3n) is 6.02. The summed E-state index contributed by atoms with van der Waals surface area (Å²) in [6.45, 7) is 6.20. The van der Waals surface area contributed by atoms with Crippen LogP contribution in [-0.2, 0) is 17.7 Å². The highest BCUT2D eigenvalue weighted by Gasteiger charge is 2.25. The van der Waals surface area contributed by atoms with Crippen LogP contribution in [0.1, 0.15) is 65.2 Å². The Labute approximate surface area is 222 Å². The topological polar surface area (TPSA) is 117 Å². The average Bonchev–Trinajstić information content (AvgIpc) is 3.28. The molecule has 0 spiro atoms. The maximum absolute atomic E-state index is 12.2. The Morgan fingerprint density at radius 1 is 1.16 bits per heavy atom. The summed E-state index contributed by atoms with van der Waals surface area (Å²) in [5.74, 6) is -0.107. The van der Waals surface area contributed by atoms with Gasteiger partial charge in [-0.2, -0.15) is 0 Å². The molecule has 0 saturated heterocycles. The molecule has 0 saturated carbocycles. The Morgan fingerprint density at radius 2 is 1.86 bits per heavy atom. The average molecular weight is 528 g/mol. The molecule has 8 nitrogen and oxygen atoms in total. The van der Waals surface area contributed by atoms with E-state index in [9.17, 15) is 14.7 Å². The summed E-state index contributed by atoms with van der Waals surface area (Å²) in [5, 5.41) is 10.1. The number of nitrogens with zero attached hydrogens (tertiary/aromatic N) is 2. The number of Topliss-reactive ketones (excluding diaryl/α,β-unsaturated/α-hetero) is 1. The van der Waals surface area contributed by atoms with Gasteiger partial charge in [0.2, 0.25) is 5.91 Å². The van der Waals surface area contributed by atoms with Gasteiger partial charge in [-0.1, -0.05) is 35.9 Å². The molecule has 9 heteroatoms. The Morgan fingerprint density at radius 3 is 2.43 bits per heavy atom. The lowest BCUT2D eigenvalue weighted by molar-refractivity contribution is 0.0989. The maximum atomic E-state index is 12.2. The fourth-order valence-corrected chi connectivity index (χ4v) is 4.69. The summed E-state index contributed by atoms with van der Waals surface area (Å²) in [5.41, 5.74) is 9.10. The van der Waals surface area contributed by atoms with Crippen LogP contribution in [0.5, 0.6) is 5.75 Å². The zero-order valence-electron chi connectivity index (χ0n) is 21.7. The maximum Gasteiger partial charge on any atom is 0.249 e. The van der Waals surface area contributed by atoms with Crippen LogP contribution in [0.15, 0.2) is 42.6 Å². The number of carbonyl (C=O) groups excluding carboxylic acids is 2. The van der Waals surface area contributed by atoms with Crippen LogP contribution in [-0.4, -0.2) is 52.8 Å². The fraction of sp³-hybridized carbons (Fsp3) is 0.393. The molecular weight excluding hydrogens is 494 g/mol. The summed E-state index contributed by atoms with van der Waals surface area (Å²) in [6.07, 6.45) is 2.65. The molecule has 198 valence electrons. The molecule has 3 aromatic rings. The van der Waals surface area contributed by atoms with Crippen LogP contribution in [0.4, 0.5) is 0 Å². The van der Waals surface area contributed by atoms with Crippen molar-refractivity contribution in [3.63, 3.8) is 0 Å². The first-order valence-electron chi connectivity index (χ1n) is 12.2. The fourth-order valence-electron chi connectivity index (χ4n) is 4.33. The molecule has 1 unspecified atom stereocenters. The lowest BCUT2D eigenvalue weighted by atomic mass is 9.86. The number of hydrogen-bond donors (Lipinski definition) is 2. The summed E-state index contributed by atoms with van der Waals surface area (Å²) in [4.78, 5) is 28.8. The predicted octanol–water partition coefficient (Wildman–Crippen LogP) is 4.65. The molecule has 0 aliphatic carbocycles. The van der Waals surface area contributed by atoms with Crippen LogP contribution >= 0.6 is 11.6 Å². The first-order chi connectivity index (χ1) is 17.7. The third kappa shape index (κ3) is 6.97. The molecule has 1 heterocycles. The molecular formula is C28H34ClN3O5. The number of benzene rings is 2. The minimum Gasteiger partial charge on any atom is -0.489 e. The summed E-state index contributed by atoms with van der Waals surface area (Å²) < 4.78 is 12.8. The van der Waals surface area contributed by atoms with E-state index >= 15 is 0 Å². The van der Waals surface area contributed by atoms with Crippen molar-refractivity contribution in [1.82, 2.24) is 9.55 Å². The first-order valence-corrected chi connectivity index (χ1v) is 12.6. The van der Waals surface area contributed by atoms with E-state index in [0.717, 1.165) is 11.1 Å². The van der Waals surface area contributed by atoms with E-state index in [1.807, 2.05) is 44.3 Å². The number of rotatable bonds is 13. The minimum atomic E-state index is -0.586. The highest BCUT2D eigenvalue weighted by molar-refractivity contribution is 6.33. The van der Waals surface area contributed by atoms with Crippen molar-refractivity contribution in [2.24, 2.45) is 5.73 Å². The third-order valence-corrected chi connectivity index (χ3v) is 6.41. The number of ketones is 1. The van der Waals surface area contributed by atoms with E-state index in [-0.39, 0.29) is 24.4 Å². The number of nitrogens with two attached hydrogens (primary N) is 1. The van der Waals surface area contributed by atoms with Gasteiger partial charge in [0.15, 0.2) is 11.6 Å². The van der Waals surface area contributed by atoms with Crippen LogP contribution in [0.3, 0.4) is 0 Å². The number of methoxy groups -OCH3 is 1. The van der Waals surface area contributed by atoms with Gasteiger partial charge in [0.1, 0.15) is 5.75 Å². The Hall–Kier alpha value is -3.20. The smallest absolute Gasteiger partial charge is 0.249 e. The quantitative estimate of drug-likeness (QED) is 0.312. The first kappa shape index (κ1) is 28.4. The molecule has 3 N–H and O–H groups in total. The number of primary amides is 1. The molecule has 1 aromatic heterocycles. The van der Waals surface area contributed by atoms with Gasteiger partial charge >= 0.3 is 0 Å². The van der Waals surface area contributed by atoms with Gasteiger partial charge in [-0.05, 0) is 55.9 Å². The second kappa shape index (κ2) is 12.9. The highest BCUT2D eigenvalue weighted by atomic mass is 35.5. The van der Waals surface area contributed by atoms with E-state index in [1.165, 1.54) is 6.92 Å². The van der Waals surface area contributed by atoms with Crippen molar-refractivity contribution in [2.75, 3.05) is 20.3 Å². The number of carbonyl (C=O) groups is 2. The number of ether oxygens (including phenoxy) is 2. The van der Waals surface area contributed by atoms with Crippen LogP contribution in [0.25, 0.3) is 11.3 Å². The van der Waals surface area contributed by atoms with Crippen molar-refractivity contribution in [3.8, 4) is 17.0 Å². The standard InChI is InChI=1S/C28H34ClN3O5/c1-17(2)37-24-10-9-22(27(30)35)25(26(24)29)21(11-13-33)15-19-5-7-20(8-6-19)23-16-32(12-14-36-4)28(31-23)18(3)34/h5-10,16-17,21,33H,11-15H2,1-4H3,(H2,30,35). The van der Waals surface area contributed by atoms with Crippen LogP contribution < -0.4 is 10.5 Å². The van der Waals surface area contributed by atoms with Crippen LogP contribution in [0.2, 0.25) is 5.02 Å². The van der Waals surface area contributed by atoms with E-state index in [2.05, 4.69) is 4.98 Å². The van der Waals surface area contributed by atoms with Gasteiger partial charge in [0.25, 0.3) is 0 Å². The SMILES string of the molecule is COCCn1cc(-c2ccc(CC(CCO)c3c(C(N)=O)ccc(OC(C)C)c3Cl)cc2)nc1C(C)=O. The number of aromatic nitrogens is 2. The number of imidazole rings is 1. The van der Waals surface area contributed by atoms with E-state index in [0.29, 0.717) is 59.4 Å². The zero-order valence-corrected chi connectivity index (χ0v) is 22.4. The molecule has 0 bridgehead atoms. The number of aliphatic hydroxyl groups excluding tert-OH is 1. The van der Waals surface area contributed by atoms with Gasteiger partial charge in [0, 0.05) is 44.5 Å². The largest absolute Gasteiger partial charge is 0.489 e. The van der Waals surface area contributed by atoms with Gasteiger partial charge < -0.3 is 24.9 Å². The lowest BCUT2D eigenvalue weighted by Gasteiger charge is -2.23. The zero-order chi connectivity index (χ0) is 27.1. The van der Waals surface area contributed by atoms with E-state index < -0.39 is 5.91 Å². The van der Waals surface area contributed by atoms with Crippen LogP contribution in [0, 0.1) is 0 Å². The predicted molar refractivity (Wildman–Crippen MR) is 143 cm³/mol. The van der Waals surface area contributed by atoms with Crippen molar-refractivity contribution >= 4 is 23.3 Å². The number of hydrogen-bond acceptors (Lipinski definition) is 6. The molecule has 1 amide bonds. The van der Waals surface area contributed by atoms with Crippen molar-refractivity contribution in [1.29, 1.82) is 0 Å². The molecule has 0 aliphatic heterocycles. The molecule has 3 rings (SSSR count). The number of amides is 1. The van der Waals surface area contributed by atoms with E-state index in [1.54, 1.807) is 23.8 Å². The normalized spacial score (nSPS) is 12.1. The molecule has 2 aromatic carbocycles. The Kier molecular flexibility index (Phi) is 9.86. The molecule has 0 fully saturated rings. The Balaban J connectivity index is 1.92. The summed E-state index contributed by atoms with van der Waals surface area (Å²) in [6, 6.07) is 11.1. The molecule has 0 aliphatic rings. The molecule has 0 radical (unpaired) electrons. The van der Waals surface area contributed by atoms with Gasteiger partial charge in [-0.3, -0.25) is 9.59 Å². The van der Waals surface area contributed by atoms with Gasteiger partial charge in [-0.25, -0.2) is 4.98 Å². The Bertz CT molecular complexity index is 1240. The monoisotopic (exact) mass is 527 g/mol. The second-order valence-electron chi connectivity index (χ2n) is 9.17. The van der Waals surface area contributed by atoms with Gasteiger partial charge in [-0.15, -0.1) is 0 Å². The van der Waals surface area contributed by atoms with Crippen molar-refractivity contribution in [2.45, 2.75) is 52.2 Å². The van der Waals surface area contributed by atoms with Crippen molar-refractivity contribution in [3.05, 3.63) is 70.1 Å². The van der Waals surface area contributed by atoms with Crippen molar-refractivity contribution < 1.29 is 24.2 Å². The second-order valence-corrected chi connectivity index (χ2v) is 9.55. The lowest BCUT2D eigenvalue weighted by Crippen LogP contribution is -2.18. The number of aliphatic hydroxyl groups is 1. The summed E-state index contributed by atoms with van der Waals surface area (Å²) in [7, 11) is 1.61.